The molecular formula is C13H15NO4S3. The van der Waals surface area contributed by atoms with Crippen molar-refractivity contribution in [1.82, 2.24) is 4.31 Å². The van der Waals surface area contributed by atoms with Gasteiger partial charge in [0.1, 0.15) is 9.09 Å². The Hall–Kier alpha value is -1.22. The predicted octanol–water partition coefficient (Wildman–Crippen LogP) is 2.68. The van der Waals surface area contributed by atoms with Gasteiger partial charge in [0.25, 0.3) is 10.0 Å². The molecule has 21 heavy (non-hydrogen) atoms. The maximum absolute atomic E-state index is 12.4. The number of hydrogen-bond donors (Lipinski definition) is 1. The fourth-order valence-corrected chi connectivity index (χ4v) is 5.25. The largest absolute Gasteiger partial charge is 0.477 e. The Morgan fingerprint density at radius 3 is 2.67 bits per heavy atom. The summed E-state index contributed by atoms with van der Waals surface area (Å²) in [5.41, 5.74) is 0.470. The van der Waals surface area contributed by atoms with Crippen LogP contribution < -0.4 is 0 Å². The molecule has 2 heterocycles. The van der Waals surface area contributed by atoms with Crippen LogP contribution in [-0.4, -0.2) is 37.4 Å². The molecule has 0 amide bonds. The van der Waals surface area contributed by atoms with E-state index in [0.717, 1.165) is 16.2 Å². The summed E-state index contributed by atoms with van der Waals surface area (Å²) >= 11 is 2.38. The second kappa shape index (κ2) is 6.27. The lowest BCUT2D eigenvalue weighted by molar-refractivity contribution is 0.0701. The molecule has 114 valence electrons. The Labute approximate surface area is 131 Å². The number of carboxylic acids is 1. The first-order valence-corrected chi connectivity index (χ1v) is 9.28. The molecule has 2 rings (SSSR count). The van der Waals surface area contributed by atoms with E-state index in [1.54, 1.807) is 18.3 Å². The second-order valence-electron chi connectivity index (χ2n) is 4.54. The summed E-state index contributed by atoms with van der Waals surface area (Å²) < 4.78 is 26.2. The molecule has 0 unspecified atom stereocenters. The van der Waals surface area contributed by atoms with Gasteiger partial charge in [-0.05, 0) is 36.4 Å². The maximum Gasteiger partial charge on any atom is 0.346 e. The van der Waals surface area contributed by atoms with Crippen LogP contribution in [0.2, 0.25) is 0 Å². The van der Waals surface area contributed by atoms with Crippen LogP contribution in [0.25, 0.3) is 0 Å². The molecular weight excluding hydrogens is 330 g/mol. The zero-order valence-corrected chi connectivity index (χ0v) is 14.0. The lowest BCUT2D eigenvalue weighted by Crippen LogP contribution is -2.28. The first-order valence-electron chi connectivity index (χ1n) is 6.15. The minimum Gasteiger partial charge on any atom is -0.477 e. The van der Waals surface area contributed by atoms with Crippen LogP contribution in [0.1, 0.15) is 20.1 Å². The lowest BCUT2D eigenvalue weighted by Gasteiger charge is -2.15. The lowest BCUT2D eigenvalue weighted by atomic mass is 10.3. The van der Waals surface area contributed by atoms with Gasteiger partial charge < -0.3 is 5.11 Å². The minimum absolute atomic E-state index is 0.0697. The van der Waals surface area contributed by atoms with E-state index in [2.05, 4.69) is 0 Å². The Bertz CT molecular complexity index is 732. The van der Waals surface area contributed by atoms with Crippen LogP contribution in [0, 0.1) is 6.92 Å². The summed E-state index contributed by atoms with van der Waals surface area (Å²) in [5, 5.41) is 11.0. The van der Waals surface area contributed by atoms with Gasteiger partial charge in [-0.2, -0.15) is 4.31 Å². The summed E-state index contributed by atoms with van der Waals surface area (Å²) in [5.74, 6) is -1.10. The van der Waals surface area contributed by atoms with Crippen LogP contribution in [0.15, 0.2) is 27.8 Å². The second-order valence-corrected chi connectivity index (χ2v) is 8.89. The predicted molar refractivity (Wildman–Crippen MR) is 83.9 cm³/mol. The number of nitrogens with zero attached hydrogens (tertiary/aromatic N) is 1. The van der Waals surface area contributed by atoms with Gasteiger partial charge in [0.15, 0.2) is 0 Å². The van der Waals surface area contributed by atoms with Gasteiger partial charge in [-0.15, -0.1) is 22.7 Å². The molecule has 0 spiro atoms. The van der Waals surface area contributed by atoms with Crippen molar-refractivity contribution >= 4 is 38.7 Å². The summed E-state index contributed by atoms with van der Waals surface area (Å²) in [6.07, 6.45) is 0.642. The summed E-state index contributed by atoms with van der Waals surface area (Å²) in [4.78, 5) is 12.2. The highest BCUT2D eigenvalue weighted by molar-refractivity contribution is 7.91. The number of carbonyl (C=O) groups is 1. The Morgan fingerprint density at radius 1 is 1.43 bits per heavy atom. The van der Waals surface area contributed by atoms with Crippen LogP contribution >= 0.6 is 22.7 Å². The normalized spacial score (nSPS) is 12.0. The molecule has 0 atom stereocenters. The Kier molecular flexibility index (Phi) is 4.82. The first kappa shape index (κ1) is 16.2. The van der Waals surface area contributed by atoms with Crippen molar-refractivity contribution < 1.29 is 18.3 Å². The third-order valence-corrected chi connectivity index (χ3v) is 7.47. The topological polar surface area (TPSA) is 74.7 Å². The molecule has 1 N–H and O–H groups in total. The number of carboxylic acid groups (broad SMARTS) is 1. The molecule has 0 aliphatic rings. The minimum atomic E-state index is -3.63. The van der Waals surface area contributed by atoms with Gasteiger partial charge in [0.2, 0.25) is 0 Å². The summed E-state index contributed by atoms with van der Waals surface area (Å²) in [7, 11) is -2.12. The first-order chi connectivity index (χ1) is 9.82. The number of aryl methyl sites for hydroxylation is 1. The van der Waals surface area contributed by atoms with Crippen LogP contribution in [0.5, 0.6) is 0 Å². The SMILES string of the molecule is Cc1cc(S(=O)(=O)N(C)CCc2cccs2)sc1C(=O)O. The Balaban J connectivity index is 2.16. The average Bonchev–Trinajstić information content (AvgIpc) is 3.04. The van der Waals surface area contributed by atoms with Crippen molar-refractivity contribution in [2.75, 3.05) is 13.6 Å². The van der Waals surface area contributed by atoms with Crippen molar-refractivity contribution in [2.45, 2.75) is 17.6 Å². The molecule has 0 radical (unpaired) electrons. The third kappa shape index (κ3) is 3.52. The number of thiophene rings is 2. The third-order valence-electron chi connectivity index (χ3n) is 3.01. The van der Waals surface area contributed by atoms with E-state index in [9.17, 15) is 13.2 Å². The monoisotopic (exact) mass is 345 g/mol. The van der Waals surface area contributed by atoms with Crippen molar-refractivity contribution in [1.29, 1.82) is 0 Å². The highest BCUT2D eigenvalue weighted by Gasteiger charge is 2.25. The number of rotatable bonds is 6. The standard InChI is InChI=1S/C13H15NO4S3/c1-9-8-11(20-12(9)13(15)16)21(17,18)14(2)6-5-10-4-3-7-19-10/h3-4,7-8H,5-6H2,1-2H3,(H,15,16). The van der Waals surface area contributed by atoms with Crippen LogP contribution in [0.4, 0.5) is 0 Å². The zero-order chi connectivity index (χ0) is 15.6. The van der Waals surface area contributed by atoms with Gasteiger partial charge in [-0.25, -0.2) is 13.2 Å². The average molecular weight is 345 g/mol. The number of aromatic carboxylic acids is 1. The van der Waals surface area contributed by atoms with Crippen molar-refractivity contribution in [3.05, 3.63) is 38.9 Å². The fourth-order valence-electron chi connectivity index (χ4n) is 1.79. The number of likely N-dealkylation sites (N-methyl/N-ethyl adjacent to an activating group) is 1. The number of hydrogen-bond acceptors (Lipinski definition) is 5. The molecule has 8 heteroatoms. The van der Waals surface area contributed by atoms with Gasteiger partial charge in [-0.1, -0.05) is 6.07 Å². The molecule has 0 saturated heterocycles. The number of sulfonamides is 1. The quantitative estimate of drug-likeness (QED) is 0.873. The van der Waals surface area contributed by atoms with E-state index < -0.39 is 16.0 Å². The molecule has 0 fully saturated rings. The van der Waals surface area contributed by atoms with Crippen molar-refractivity contribution in [2.24, 2.45) is 0 Å². The molecule has 0 aromatic carbocycles. The molecule has 0 saturated carbocycles. The molecule has 5 nitrogen and oxygen atoms in total. The zero-order valence-electron chi connectivity index (χ0n) is 11.6. The molecule has 0 bridgehead atoms. The van der Waals surface area contributed by atoms with E-state index in [-0.39, 0.29) is 9.09 Å². The fraction of sp³-hybridized carbons (Fsp3) is 0.308. The smallest absolute Gasteiger partial charge is 0.346 e. The van der Waals surface area contributed by atoms with E-state index >= 15 is 0 Å². The van der Waals surface area contributed by atoms with Gasteiger partial charge in [0, 0.05) is 18.5 Å². The van der Waals surface area contributed by atoms with Gasteiger partial charge in [0.05, 0.1) is 0 Å². The van der Waals surface area contributed by atoms with E-state index in [1.165, 1.54) is 17.4 Å². The van der Waals surface area contributed by atoms with Crippen molar-refractivity contribution in [3.63, 3.8) is 0 Å². The summed E-state index contributed by atoms with van der Waals surface area (Å²) in [6.45, 7) is 1.97. The summed E-state index contributed by atoms with van der Waals surface area (Å²) in [6, 6.07) is 5.31. The van der Waals surface area contributed by atoms with E-state index in [0.29, 0.717) is 18.5 Å². The highest BCUT2D eigenvalue weighted by Crippen LogP contribution is 2.28. The van der Waals surface area contributed by atoms with Gasteiger partial charge in [-0.3, -0.25) is 0 Å². The molecule has 2 aromatic heterocycles. The van der Waals surface area contributed by atoms with Crippen LogP contribution in [0.3, 0.4) is 0 Å². The molecule has 2 aromatic rings. The van der Waals surface area contributed by atoms with Gasteiger partial charge >= 0.3 is 5.97 Å². The van der Waals surface area contributed by atoms with E-state index in [1.807, 2.05) is 17.5 Å². The van der Waals surface area contributed by atoms with Crippen LogP contribution in [-0.2, 0) is 16.4 Å². The van der Waals surface area contributed by atoms with E-state index in [4.69, 9.17) is 5.11 Å². The van der Waals surface area contributed by atoms with Crippen molar-refractivity contribution in [3.8, 4) is 0 Å². The molecule has 0 aliphatic carbocycles. The molecule has 0 aliphatic heterocycles. The maximum atomic E-state index is 12.4. The Morgan fingerprint density at radius 2 is 2.14 bits per heavy atom. The highest BCUT2D eigenvalue weighted by atomic mass is 32.2.